The molecule has 0 saturated heterocycles. The SMILES string of the molecule is CCc1ccc([NH+]=C(N)[NH+]=C(N)N)cc1. The molecule has 0 bridgehead atoms. The maximum absolute atomic E-state index is 5.59. The lowest BCUT2D eigenvalue weighted by atomic mass is 10.2. The van der Waals surface area contributed by atoms with E-state index in [1.165, 1.54) is 5.56 Å². The Kier molecular flexibility index (Phi) is 3.68. The Morgan fingerprint density at radius 2 is 1.73 bits per heavy atom. The summed E-state index contributed by atoms with van der Waals surface area (Å²) in [5.41, 5.74) is 18.2. The van der Waals surface area contributed by atoms with E-state index in [1.807, 2.05) is 24.3 Å². The third-order valence-electron chi connectivity index (χ3n) is 1.92. The molecule has 1 rings (SSSR count). The Labute approximate surface area is 88.7 Å². The Hall–Kier alpha value is -2.04. The summed E-state index contributed by atoms with van der Waals surface area (Å²) in [5, 5.41) is 0. The van der Waals surface area contributed by atoms with Gasteiger partial charge in [-0.15, -0.1) is 4.99 Å². The van der Waals surface area contributed by atoms with Gasteiger partial charge in [-0.25, -0.2) is 5.73 Å². The van der Waals surface area contributed by atoms with Crippen LogP contribution in [0.3, 0.4) is 0 Å². The molecule has 1 aromatic rings. The van der Waals surface area contributed by atoms with Gasteiger partial charge in [0.15, 0.2) is 5.69 Å². The van der Waals surface area contributed by atoms with Crippen LogP contribution < -0.4 is 27.2 Å². The molecular weight excluding hydrogens is 190 g/mol. The van der Waals surface area contributed by atoms with Crippen LogP contribution in [0.25, 0.3) is 0 Å². The van der Waals surface area contributed by atoms with Crippen LogP contribution in [0.2, 0.25) is 0 Å². The molecule has 0 fully saturated rings. The van der Waals surface area contributed by atoms with Crippen LogP contribution in [0.5, 0.6) is 0 Å². The van der Waals surface area contributed by atoms with E-state index in [0.717, 1.165) is 12.1 Å². The minimum atomic E-state index is 0.0604. The molecule has 0 aromatic heterocycles. The first-order chi connectivity index (χ1) is 7.11. The summed E-state index contributed by atoms with van der Waals surface area (Å²) in [6.07, 6.45) is 1.02. The molecule has 1 aromatic carbocycles. The van der Waals surface area contributed by atoms with Crippen molar-refractivity contribution in [1.29, 1.82) is 0 Å². The first-order valence-corrected chi connectivity index (χ1v) is 4.75. The van der Waals surface area contributed by atoms with Crippen molar-refractivity contribution in [2.45, 2.75) is 13.3 Å². The Morgan fingerprint density at radius 3 is 2.20 bits per heavy atom. The molecule has 0 atom stereocenters. The summed E-state index contributed by atoms with van der Waals surface area (Å²) in [5.74, 6) is 0.365. The highest BCUT2D eigenvalue weighted by atomic mass is 15.1. The molecular formula is C10H17N5+2. The highest BCUT2D eigenvalue weighted by Crippen LogP contribution is 2.03. The van der Waals surface area contributed by atoms with Gasteiger partial charge < -0.3 is 11.5 Å². The Morgan fingerprint density at radius 1 is 1.13 bits per heavy atom. The minimum absolute atomic E-state index is 0.0604. The van der Waals surface area contributed by atoms with E-state index in [-0.39, 0.29) is 5.96 Å². The first kappa shape index (κ1) is 11.0. The summed E-state index contributed by atoms with van der Waals surface area (Å²) in [6, 6.07) is 7.95. The van der Waals surface area contributed by atoms with Gasteiger partial charge in [0.05, 0.1) is 0 Å². The van der Waals surface area contributed by atoms with Crippen molar-refractivity contribution < 1.29 is 9.98 Å². The highest BCUT2D eigenvalue weighted by Gasteiger charge is 2.04. The molecule has 0 amide bonds. The third-order valence-corrected chi connectivity index (χ3v) is 1.92. The fourth-order valence-corrected chi connectivity index (χ4v) is 1.17. The zero-order valence-electron chi connectivity index (χ0n) is 8.75. The van der Waals surface area contributed by atoms with Gasteiger partial charge in [-0.1, -0.05) is 19.1 Å². The van der Waals surface area contributed by atoms with Crippen LogP contribution in [0, 0.1) is 0 Å². The molecule has 0 unspecified atom stereocenters. The smallest absolute Gasteiger partial charge is 0.345 e. The van der Waals surface area contributed by atoms with E-state index >= 15 is 0 Å². The molecule has 0 saturated carbocycles. The standard InChI is InChI=1S/C10H15N5/c1-2-7-3-5-8(6-4-7)14-10(13)15-9(11)12/h3-6H,2H2,1H3,(H6,11,12,13,14,15)/p+2. The number of aryl methyl sites for hydroxylation is 1. The Bertz CT molecular complexity index is 373. The number of benzene rings is 1. The van der Waals surface area contributed by atoms with Gasteiger partial charge in [0.25, 0.3) is 5.96 Å². The largest absolute Gasteiger partial charge is 0.522 e. The number of hydrogen-bond acceptors (Lipinski definition) is 0. The van der Waals surface area contributed by atoms with Crippen molar-refractivity contribution in [3.8, 4) is 0 Å². The topological polar surface area (TPSA) is 106 Å². The molecule has 0 aliphatic carbocycles. The van der Waals surface area contributed by atoms with Crippen molar-refractivity contribution in [2.75, 3.05) is 0 Å². The predicted molar refractivity (Wildman–Crippen MR) is 60.0 cm³/mol. The van der Waals surface area contributed by atoms with Crippen molar-refractivity contribution in [1.82, 2.24) is 0 Å². The number of rotatable bonds is 2. The minimum Gasteiger partial charge on any atom is -0.345 e. The number of hydrogen-bond donors (Lipinski definition) is 5. The summed E-state index contributed by atoms with van der Waals surface area (Å²) in [6.45, 7) is 2.11. The van der Waals surface area contributed by atoms with Gasteiger partial charge in [-0.2, -0.15) is 4.99 Å². The lowest BCUT2D eigenvalue weighted by molar-refractivity contribution is -0.459. The van der Waals surface area contributed by atoms with E-state index in [0.29, 0.717) is 5.96 Å². The van der Waals surface area contributed by atoms with Gasteiger partial charge >= 0.3 is 5.96 Å². The van der Waals surface area contributed by atoms with Crippen molar-refractivity contribution >= 4 is 17.6 Å². The summed E-state index contributed by atoms with van der Waals surface area (Å²) >= 11 is 0. The lowest BCUT2D eigenvalue weighted by Crippen LogP contribution is -2.96. The maximum Gasteiger partial charge on any atom is 0.522 e. The van der Waals surface area contributed by atoms with Gasteiger partial charge in [0.1, 0.15) is 0 Å². The van der Waals surface area contributed by atoms with Crippen molar-refractivity contribution in [2.24, 2.45) is 17.2 Å². The molecule has 0 aliphatic rings. The van der Waals surface area contributed by atoms with Crippen LogP contribution in [0.15, 0.2) is 24.3 Å². The zero-order chi connectivity index (χ0) is 11.3. The van der Waals surface area contributed by atoms with E-state index in [4.69, 9.17) is 17.2 Å². The second-order valence-electron chi connectivity index (χ2n) is 3.17. The molecule has 5 heteroatoms. The van der Waals surface area contributed by atoms with Gasteiger partial charge in [-0.05, 0) is 24.1 Å². The molecule has 15 heavy (non-hydrogen) atoms. The maximum atomic E-state index is 5.59. The van der Waals surface area contributed by atoms with E-state index in [2.05, 4.69) is 16.9 Å². The van der Waals surface area contributed by atoms with Gasteiger partial charge in [-0.3, -0.25) is 0 Å². The molecule has 80 valence electrons. The lowest BCUT2D eigenvalue weighted by Gasteiger charge is -1.93. The molecule has 0 aliphatic heterocycles. The fourth-order valence-electron chi connectivity index (χ4n) is 1.17. The fraction of sp³-hybridized carbons (Fsp3) is 0.200. The molecule has 0 heterocycles. The average Bonchev–Trinajstić information content (AvgIpc) is 2.17. The second-order valence-corrected chi connectivity index (χ2v) is 3.17. The zero-order valence-corrected chi connectivity index (χ0v) is 8.75. The van der Waals surface area contributed by atoms with Gasteiger partial charge in [0, 0.05) is 0 Å². The van der Waals surface area contributed by atoms with E-state index < -0.39 is 0 Å². The molecule has 0 spiro atoms. The van der Waals surface area contributed by atoms with Crippen LogP contribution in [0.4, 0.5) is 5.69 Å². The van der Waals surface area contributed by atoms with Crippen LogP contribution in [-0.2, 0) is 6.42 Å². The first-order valence-electron chi connectivity index (χ1n) is 4.75. The summed E-state index contributed by atoms with van der Waals surface area (Å²) in [4.78, 5) is 5.50. The van der Waals surface area contributed by atoms with Crippen LogP contribution in [0.1, 0.15) is 12.5 Å². The predicted octanol–water partition coefficient (Wildman–Crippen LogP) is -3.37. The van der Waals surface area contributed by atoms with E-state index in [9.17, 15) is 0 Å². The van der Waals surface area contributed by atoms with Gasteiger partial charge in [0.2, 0.25) is 0 Å². The monoisotopic (exact) mass is 207 g/mol. The third kappa shape index (κ3) is 3.68. The highest BCUT2D eigenvalue weighted by molar-refractivity contribution is 5.75. The van der Waals surface area contributed by atoms with Crippen molar-refractivity contribution in [3.63, 3.8) is 0 Å². The summed E-state index contributed by atoms with van der Waals surface area (Å²) in [7, 11) is 0. The number of guanidine groups is 2. The average molecular weight is 207 g/mol. The van der Waals surface area contributed by atoms with Crippen LogP contribution >= 0.6 is 0 Å². The van der Waals surface area contributed by atoms with Crippen molar-refractivity contribution in [3.05, 3.63) is 29.8 Å². The number of nitrogens with one attached hydrogen (secondary N) is 2. The number of nitrogens with two attached hydrogens (primary N) is 3. The normalized spacial score (nSPS) is 11.1. The molecule has 8 N–H and O–H groups in total. The summed E-state index contributed by atoms with van der Waals surface area (Å²) < 4.78 is 0. The van der Waals surface area contributed by atoms with Crippen LogP contribution in [-0.4, -0.2) is 11.9 Å². The quantitative estimate of drug-likeness (QED) is 0.258. The molecule has 0 radical (unpaired) electrons. The Balaban J connectivity index is 2.84. The molecule has 5 nitrogen and oxygen atoms in total. The van der Waals surface area contributed by atoms with E-state index in [1.54, 1.807) is 0 Å². The second kappa shape index (κ2) is 4.99.